The van der Waals surface area contributed by atoms with Crippen molar-refractivity contribution < 1.29 is 43.6 Å². The molecule has 0 unspecified atom stereocenters. The lowest BCUT2D eigenvalue weighted by Gasteiger charge is -2.34. The van der Waals surface area contributed by atoms with E-state index in [1.54, 1.807) is 21.9 Å². The maximum Gasteiger partial charge on any atom is 0.326 e. The number of urea groups is 1. The molecule has 3 heterocycles. The third-order valence-electron chi connectivity index (χ3n) is 8.42. The van der Waals surface area contributed by atoms with Gasteiger partial charge in [-0.1, -0.05) is 13.3 Å². The molecule has 2 saturated heterocycles. The Morgan fingerprint density at radius 1 is 1.17 bits per heavy atom. The summed E-state index contributed by atoms with van der Waals surface area (Å²) < 4.78 is 16.6. The summed E-state index contributed by atoms with van der Waals surface area (Å²) in [4.78, 5) is 57.4. The Hall–Kier alpha value is -3.58. The Morgan fingerprint density at radius 2 is 1.93 bits per heavy atom. The highest BCUT2D eigenvalue weighted by Crippen LogP contribution is 2.47. The molecular formula is C29H42N4O9. The molecule has 0 aliphatic carbocycles. The second-order valence-electron chi connectivity index (χ2n) is 11.0. The van der Waals surface area contributed by atoms with Crippen LogP contribution < -0.4 is 14.2 Å². The van der Waals surface area contributed by atoms with E-state index in [4.69, 9.17) is 14.2 Å². The maximum atomic E-state index is 13.6. The number of aliphatic hydroxyl groups is 1. The number of aliphatic hydroxyl groups excluding tert-OH is 1. The van der Waals surface area contributed by atoms with Crippen molar-refractivity contribution in [3.05, 3.63) is 17.7 Å². The third-order valence-corrected chi connectivity index (χ3v) is 8.42. The van der Waals surface area contributed by atoms with Crippen LogP contribution in [-0.2, 0) is 14.4 Å². The molecule has 0 aromatic heterocycles. The summed E-state index contributed by atoms with van der Waals surface area (Å²) in [6.07, 6.45) is 2.70. The van der Waals surface area contributed by atoms with Crippen molar-refractivity contribution >= 4 is 23.8 Å². The summed E-state index contributed by atoms with van der Waals surface area (Å²) in [5, 5.41) is 19.9. The Kier molecular flexibility index (Phi) is 10.5. The smallest absolute Gasteiger partial charge is 0.326 e. The minimum absolute atomic E-state index is 0.00805. The molecule has 3 aliphatic rings. The largest absolute Gasteiger partial charge is 0.493 e. The molecule has 4 rings (SSSR count). The van der Waals surface area contributed by atoms with Gasteiger partial charge in [0.15, 0.2) is 11.5 Å². The number of carboxylic acid groups (broad SMARTS) is 1. The first-order valence-corrected chi connectivity index (χ1v) is 14.6. The molecule has 2 N–H and O–H groups in total. The summed E-state index contributed by atoms with van der Waals surface area (Å²) in [7, 11) is 2.95. The first kappa shape index (κ1) is 31.4. The number of hydrogen-bond donors (Lipinski definition) is 2. The van der Waals surface area contributed by atoms with Gasteiger partial charge in [-0.05, 0) is 37.0 Å². The zero-order chi connectivity index (χ0) is 30.4. The normalized spacial score (nSPS) is 22.1. The van der Waals surface area contributed by atoms with Crippen LogP contribution in [0.5, 0.6) is 17.2 Å². The SMILES string of the molecule is CCCCN(CCCO)C(=O)CN1C[C@H](c2cc(OC)c3c(c2)OCO3)[C@@H](C(=O)O)[C@@H]1CCN1CCC(=O)N(C)C1=O. The van der Waals surface area contributed by atoms with Crippen LogP contribution in [0.4, 0.5) is 4.79 Å². The van der Waals surface area contributed by atoms with Gasteiger partial charge >= 0.3 is 12.0 Å². The number of carbonyl (C=O) groups is 4. The topological polar surface area (TPSA) is 149 Å². The summed E-state index contributed by atoms with van der Waals surface area (Å²) in [5.74, 6) is -1.38. The zero-order valence-electron chi connectivity index (χ0n) is 24.6. The molecule has 3 aliphatic heterocycles. The first-order chi connectivity index (χ1) is 20.2. The molecule has 13 nitrogen and oxygen atoms in total. The van der Waals surface area contributed by atoms with Crippen molar-refractivity contribution in [2.24, 2.45) is 5.92 Å². The number of nitrogens with zero attached hydrogens (tertiary/aromatic N) is 4. The molecular weight excluding hydrogens is 548 g/mol. The number of carbonyl (C=O) groups excluding carboxylic acids is 3. The van der Waals surface area contributed by atoms with E-state index >= 15 is 0 Å². The number of carboxylic acids is 1. The highest BCUT2D eigenvalue weighted by Gasteiger charge is 2.48. The van der Waals surface area contributed by atoms with Crippen molar-refractivity contribution in [1.29, 1.82) is 0 Å². The van der Waals surface area contributed by atoms with E-state index in [2.05, 4.69) is 0 Å². The van der Waals surface area contributed by atoms with Crippen LogP contribution in [0.3, 0.4) is 0 Å². The summed E-state index contributed by atoms with van der Waals surface area (Å²) >= 11 is 0. The number of rotatable bonds is 14. The summed E-state index contributed by atoms with van der Waals surface area (Å²) in [6.45, 7) is 3.84. The number of fused-ring (bicyclic) bond motifs is 1. The van der Waals surface area contributed by atoms with Crippen LogP contribution in [-0.4, -0.2) is 126 Å². The minimum Gasteiger partial charge on any atom is -0.493 e. The van der Waals surface area contributed by atoms with E-state index in [0.717, 1.165) is 17.7 Å². The number of amides is 4. The van der Waals surface area contributed by atoms with Crippen LogP contribution in [0.15, 0.2) is 12.1 Å². The molecule has 0 saturated carbocycles. The number of aliphatic carboxylic acids is 1. The van der Waals surface area contributed by atoms with Gasteiger partial charge < -0.3 is 34.2 Å². The fraction of sp³-hybridized carbons (Fsp3) is 0.655. The number of likely N-dealkylation sites (tertiary alicyclic amines) is 1. The molecule has 0 radical (unpaired) electrons. The molecule has 2 fully saturated rings. The van der Waals surface area contributed by atoms with Gasteiger partial charge in [0, 0.05) is 64.8 Å². The minimum atomic E-state index is -1.00. The van der Waals surface area contributed by atoms with Gasteiger partial charge in [0.25, 0.3) is 0 Å². The predicted molar refractivity (Wildman–Crippen MR) is 151 cm³/mol. The highest BCUT2D eigenvalue weighted by molar-refractivity contribution is 5.96. The van der Waals surface area contributed by atoms with Crippen molar-refractivity contribution in [2.75, 3.05) is 66.8 Å². The average molecular weight is 591 g/mol. The molecule has 0 spiro atoms. The van der Waals surface area contributed by atoms with E-state index in [9.17, 15) is 29.4 Å². The van der Waals surface area contributed by atoms with Crippen molar-refractivity contribution in [3.63, 3.8) is 0 Å². The number of benzene rings is 1. The number of imide groups is 1. The second-order valence-corrected chi connectivity index (χ2v) is 11.0. The van der Waals surface area contributed by atoms with Crippen LogP contribution in [0, 0.1) is 5.92 Å². The first-order valence-electron chi connectivity index (χ1n) is 14.6. The van der Waals surface area contributed by atoms with Crippen molar-refractivity contribution in [3.8, 4) is 17.2 Å². The summed E-state index contributed by atoms with van der Waals surface area (Å²) in [5.41, 5.74) is 0.700. The molecule has 42 heavy (non-hydrogen) atoms. The third kappa shape index (κ3) is 6.73. The van der Waals surface area contributed by atoms with Crippen LogP contribution in [0.25, 0.3) is 0 Å². The number of unbranched alkanes of at least 4 members (excludes halogenated alkanes) is 1. The molecule has 232 valence electrons. The number of methoxy groups -OCH3 is 1. The fourth-order valence-corrected chi connectivity index (χ4v) is 6.11. The maximum absolute atomic E-state index is 13.6. The molecule has 0 bridgehead atoms. The van der Waals surface area contributed by atoms with Gasteiger partial charge in [-0.2, -0.15) is 0 Å². The Labute approximate surface area is 245 Å². The van der Waals surface area contributed by atoms with Gasteiger partial charge in [0.2, 0.25) is 24.4 Å². The Bertz CT molecular complexity index is 1150. The standard InChI is InChI=1S/C29H42N4O9/c1-4-5-9-31(10-6-13-34)25(36)17-33-16-20(19-14-22(40-3)27-23(15-19)41-18-42-27)26(28(37)38)21(33)7-11-32-12-8-24(35)30(2)29(32)39/h14-15,20-21,26,34H,4-13,16-18H2,1-3H3,(H,37,38)/t20-,21+,26-/m1/s1. The molecule has 13 heteroatoms. The highest BCUT2D eigenvalue weighted by atomic mass is 16.7. The van der Waals surface area contributed by atoms with Crippen molar-refractivity contribution in [2.45, 2.75) is 51.0 Å². The van der Waals surface area contributed by atoms with Gasteiger partial charge in [-0.15, -0.1) is 0 Å². The van der Waals surface area contributed by atoms with Gasteiger partial charge in [-0.25, -0.2) is 4.79 Å². The van der Waals surface area contributed by atoms with Gasteiger partial charge in [0.1, 0.15) is 0 Å². The second kappa shape index (κ2) is 14.1. The monoisotopic (exact) mass is 590 g/mol. The van der Waals surface area contributed by atoms with Gasteiger partial charge in [0.05, 0.1) is 19.6 Å². The van der Waals surface area contributed by atoms with E-state index in [-0.39, 0.29) is 51.3 Å². The van der Waals surface area contributed by atoms with E-state index in [1.807, 2.05) is 11.8 Å². The quantitative estimate of drug-likeness (QED) is 0.327. The molecule has 1 aromatic carbocycles. The lowest BCUT2D eigenvalue weighted by atomic mass is 9.84. The molecule has 4 amide bonds. The fourth-order valence-electron chi connectivity index (χ4n) is 6.11. The molecule has 3 atom stereocenters. The van der Waals surface area contributed by atoms with Crippen molar-refractivity contribution in [1.82, 2.24) is 19.6 Å². The Morgan fingerprint density at radius 3 is 2.62 bits per heavy atom. The lowest BCUT2D eigenvalue weighted by molar-refractivity contribution is -0.144. The summed E-state index contributed by atoms with van der Waals surface area (Å²) in [6, 6.07) is 2.57. The number of hydrogen-bond acceptors (Lipinski definition) is 9. The predicted octanol–water partition coefficient (Wildman–Crippen LogP) is 1.58. The lowest BCUT2D eigenvalue weighted by Crippen LogP contribution is -2.52. The van der Waals surface area contributed by atoms with Crippen LogP contribution in [0.1, 0.15) is 50.5 Å². The van der Waals surface area contributed by atoms with E-state index < -0.39 is 29.9 Å². The van der Waals surface area contributed by atoms with Gasteiger partial charge in [-0.3, -0.25) is 24.2 Å². The number of ether oxygens (including phenoxy) is 3. The van der Waals surface area contributed by atoms with E-state index in [1.165, 1.54) is 14.2 Å². The van der Waals surface area contributed by atoms with Crippen LogP contribution >= 0.6 is 0 Å². The van der Waals surface area contributed by atoms with E-state index in [0.29, 0.717) is 55.3 Å². The molecule has 1 aromatic rings. The zero-order valence-corrected chi connectivity index (χ0v) is 24.6. The average Bonchev–Trinajstić information content (AvgIpc) is 3.60. The Balaban J connectivity index is 1.63. The van der Waals surface area contributed by atoms with Crippen LogP contribution in [0.2, 0.25) is 0 Å².